The molecule has 0 aromatic heterocycles. The summed E-state index contributed by atoms with van der Waals surface area (Å²) in [5.41, 5.74) is -1.18. The number of carbonyl (C=O) groups excluding carboxylic acids is 3. The molecule has 0 aliphatic carbocycles. The first-order valence-electron chi connectivity index (χ1n) is 6.04. The molecule has 2 N–H and O–H groups in total. The van der Waals surface area contributed by atoms with Gasteiger partial charge < -0.3 is 24.8 Å². The van der Waals surface area contributed by atoms with Gasteiger partial charge in [0.1, 0.15) is 13.1 Å². The van der Waals surface area contributed by atoms with Crippen molar-refractivity contribution in [2.24, 2.45) is 5.41 Å². The number of nitrogens with one attached hydrogen (secondary N) is 1. The van der Waals surface area contributed by atoms with Gasteiger partial charge in [-0.25, -0.2) is 4.79 Å². The van der Waals surface area contributed by atoms with Crippen LogP contribution in [0.3, 0.4) is 0 Å². The molecule has 21 heavy (non-hydrogen) atoms. The Balaban J connectivity index is 4.74. The number of aliphatic carboxylic acids is 1. The van der Waals surface area contributed by atoms with E-state index < -0.39 is 42.4 Å². The molecule has 0 radical (unpaired) electrons. The van der Waals surface area contributed by atoms with E-state index in [0.29, 0.717) is 0 Å². The average molecular weight is 304 g/mol. The number of amides is 2. The summed E-state index contributed by atoms with van der Waals surface area (Å²) in [6, 6.07) is -0.764. The van der Waals surface area contributed by atoms with Crippen molar-refractivity contribution in [1.29, 1.82) is 0 Å². The van der Waals surface area contributed by atoms with E-state index in [0.717, 1.165) is 19.1 Å². The number of hydrogen-bond acceptors (Lipinski definition) is 6. The average Bonchev–Trinajstić information content (AvgIpc) is 2.43. The summed E-state index contributed by atoms with van der Waals surface area (Å²) >= 11 is 0. The predicted octanol–water partition coefficient (Wildman–Crippen LogP) is -0.545. The zero-order valence-corrected chi connectivity index (χ0v) is 12.5. The summed E-state index contributed by atoms with van der Waals surface area (Å²) in [6.45, 7) is 1.79. The molecule has 120 valence electrons. The Morgan fingerprint density at radius 1 is 1.05 bits per heavy atom. The minimum absolute atomic E-state index is 0.167. The molecule has 0 spiro atoms. The molecular weight excluding hydrogens is 284 g/mol. The second-order valence-electron chi connectivity index (χ2n) is 4.86. The van der Waals surface area contributed by atoms with Crippen molar-refractivity contribution in [3.8, 4) is 0 Å². The third kappa shape index (κ3) is 6.59. The first kappa shape index (κ1) is 18.7. The van der Waals surface area contributed by atoms with Crippen molar-refractivity contribution in [3.63, 3.8) is 0 Å². The second kappa shape index (κ2) is 8.08. The number of carboxylic acid groups (broad SMARTS) is 1. The quantitative estimate of drug-likeness (QED) is 0.605. The fraction of sp³-hybridized carbons (Fsp3) is 0.667. The molecule has 9 heteroatoms. The highest BCUT2D eigenvalue weighted by molar-refractivity contribution is 5.85. The minimum Gasteiger partial charge on any atom is -0.481 e. The van der Waals surface area contributed by atoms with E-state index in [2.05, 4.69) is 14.8 Å². The van der Waals surface area contributed by atoms with Crippen molar-refractivity contribution in [2.75, 3.05) is 33.9 Å². The monoisotopic (exact) mass is 304 g/mol. The number of carboxylic acids is 1. The molecule has 0 unspecified atom stereocenters. The normalized spacial score (nSPS) is 10.5. The van der Waals surface area contributed by atoms with Crippen LogP contribution in [0.5, 0.6) is 0 Å². The standard InChI is InChI=1S/C12H20N2O7/c1-12(2,10(17)18)7-13-11(19)14(5-8(15)20-3)6-9(16)21-4/h5-7H2,1-4H3,(H,13,19)(H,17,18). The molecule has 0 aliphatic heterocycles. The highest BCUT2D eigenvalue weighted by Gasteiger charge is 2.29. The molecule has 0 heterocycles. The molecule has 0 fully saturated rings. The van der Waals surface area contributed by atoms with Gasteiger partial charge in [-0.2, -0.15) is 0 Å². The van der Waals surface area contributed by atoms with Crippen molar-refractivity contribution < 1.29 is 33.8 Å². The third-order valence-electron chi connectivity index (χ3n) is 2.64. The molecule has 9 nitrogen and oxygen atoms in total. The molecule has 0 saturated carbocycles. The summed E-state index contributed by atoms with van der Waals surface area (Å²) in [5.74, 6) is -2.52. The molecule has 0 aromatic carbocycles. The molecular formula is C12H20N2O7. The molecule has 0 aliphatic rings. The van der Waals surface area contributed by atoms with Crippen LogP contribution in [0.25, 0.3) is 0 Å². The summed E-state index contributed by atoms with van der Waals surface area (Å²) in [5, 5.41) is 11.3. The Kier molecular flexibility index (Phi) is 7.18. The Morgan fingerprint density at radius 2 is 1.48 bits per heavy atom. The largest absolute Gasteiger partial charge is 0.481 e. The molecule has 0 rings (SSSR count). The molecule has 2 amide bonds. The zero-order valence-electron chi connectivity index (χ0n) is 12.5. The van der Waals surface area contributed by atoms with Gasteiger partial charge in [-0.15, -0.1) is 0 Å². The van der Waals surface area contributed by atoms with Gasteiger partial charge in [0.05, 0.1) is 19.6 Å². The van der Waals surface area contributed by atoms with E-state index >= 15 is 0 Å². The van der Waals surface area contributed by atoms with Gasteiger partial charge in [0, 0.05) is 6.54 Å². The maximum atomic E-state index is 11.9. The van der Waals surface area contributed by atoms with E-state index in [9.17, 15) is 19.2 Å². The number of hydrogen-bond donors (Lipinski definition) is 2. The van der Waals surface area contributed by atoms with Crippen LogP contribution in [-0.2, 0) is 23.9 Å². The Labute approximate surface area is 122 Å². The number of nitrogens with zero attached hydrogens (tertiary/aromatic N) is 1. The first-order chi connectivity index (χ1) is 9.63. The van der Waals surface area contributed by atoms with Crippen LogP contribution in [0, 0.1) is 5.41 Å². The lowest BCUT2D eigenvalue weighted by molar-refractivity contribution is -0.147. The van der Waals surface area contributed by atoms with Crippen molar-refractivity contribution >= 4 is 23.9 Å². The molecule has 0 atom stereocenters. The summed E-state index contributed by atoms with van der Waals surface area (Å²) in [6.07, 6.45) is 0. The minimum atomic E-state index is -1.18. The van der Waals surface area contributed by atoms with Crippen LogP contribution in [0.4, 0.5) is 4.79 Å². The van der Waals surface area contributed by atoms with Gasteiger partial charge in [-0.1, -0.05) is 0 Å². The van der Waals surface area contributed by atoms with Crippen molar-refractivity contribution in [2.45, 2.75) is 13.8 Å². The lowest BCUT2D eigenvalue weighted by Crippen LogP contribution is -2.49. The summed E-state index contributed by atoms with van der Waals surface area (Å²) in [4.78, 5) is 46.2. The molecule has 0 saturated heterocycles. The number of ether oxygens (including phenoxy) is 2. The van der Waals surface area contributed by atoms with Gasteiger partial charge in [-0.05, 0) is 13.8 Å². The fourth-order valence-electron chi connectivity index (χ4n) is 1.12. The number of esters is 2. The molecule has 0 bridgehead atoms. The van der Waals surface area contributed by atoms with Crippen LogP contribution in [0.15, 0.2) is 0 Å². The maximum absolute atomic E-state index is 11.9. The highest BCUT2D eigenvalue weighted by Crippen LogP contribution is 2.13. The number of urea groups is 1. The van der Waals surface area contributed by atoms with Crippen molar-refractivity contribution in [1.82, 2.24) is 10.2 Å². The Hall–Kier alpha value is -2.32. The van der Waals surface area contributed by atoms with Crippen LogP contribution < -0.4 is 5.32 Å². The number of methoxy groups -OCH3 is 2. The van der Waals surface area contributed by atoms with Crippen LogP contribution in [0.2, 0.25) is 0 Å². The van der Waals surface area contributed by atoms with E-state index in [1.54, 1.807) is 0 Å². The first-order valence-corrected chi connectivity index (χ1v) is 6.04. The summed E-state index contributed by atoms with van der Waals surface area (Å²) in [7, 11) is 2.29. The smallest absolute Gasteiger partial charge is 0.325 e. The number of rotatable bonds is 7. The number of carbonyl (C=O) groups is 4. The lowest BCUT2D eigenvalue weighted by Gasteiger charge is -2.24. The Morgan fingerprint density at radius 3 is 1.81 bits per heavy atom. The van der Waals surface area contributed by atoms with Gasteiger partial charge in [0.15, 0.2) is 0 Å². The van der Waals surface area contributed by atoms with Gasteiger partial charge in [0.25, 0.3) is 0 Å². The highest BCUT2D eigenvalue weighted by atomic mass is 16.5. The fourth-order valence-corrected chi connectivity index (χ4v) is 1.12. The second-order valence-corrected chi connectivity index (χ2v) is 4.86. The SMILES string of the molecule is COC(=O)CN(CC(=O)OC)C(=O)NCC(C)(C)C(=O)O. The molecule has 0 aromatic rings. The lowest BCUT2D eigenvalue weighted by atomic mass is 9.94. The van der Waals surface area contributed by atoms with Crippen LogP contribution in [-0.4, -0.2) is 67.8 Å². The predicted molar refractivity (Wildman–Crippen MR) is 70.4 cm³/mol. The topological polar surface area (TPSA) is 122 Å². The van der Waals surface area contributed by atoms with E-state index in [4.69, 9.17) is 5.11 Å². The zero-order chi connectivity index (χ0) is 16.6. The van der Waals surface area contributed by atoms with Gasteiger partial charge in [0.2, 0.25) is 0 Å². The van der Waals surface area contributed by atoms with E-state index in [1.165, 1.54) is 13.8 Å². The van der Waals surface area contributed by atoms with Crippen molar-refractivity contribution in [3.05, 3.63) is 0 Å². The summed E-state index contributed by atoms with van der Waals surface area (Å²) < 4.78 is 8.85. The van der Waals surface area contributed by atoms with Gasteiger partial charge in [-0.3, -0.25) is 14.4 Å². The third-order valence-corrected chi connectivity index (χ3v) is 2.64. The Bertz CT molecular complexity index is 402. The van der Waals surface area contributed by atoms with Crippen LogP contribution in [0.1, 0.15) is 13.8 Å². The van der Waals surface area contributed by atoms with Crippen LogP contribution >= 0.6 is 0 Å². The maximum Gasteiger partial charge on any atom is 0.325 e. The van der Waals surface area contributed by atoms with E-state index in [1.807, 2.05) is 0 Å². The van der Waals surface area contributed by atoms with E-state index in [-0.39, 0.29) is 6.54 Å². The van der Waals surface area contributed by atoms with Gasteiger partial charge >= 0.3 is 23.9 Å².